The minimum Gasteiger partial charge on any atom is -0.496 e. The van der Waals surface area contributed by atoms with Crippen LogP contribution in [-0.2, 0) is 12.8 Å². The van der Waals surface area contributed by atoms with E-state index >= 15 is 0 Å². The van der Waals surface area contributed by atoms with Crippen LogP contribution in [-0.4, -0.2) is 44.4 Å². The quantitative estimate of drug-likeness (QED) is 0.775. The third kappa shape index (κ3) is 4.27. The monoisotopic (exact) mass is 382 g/mol. The molecule has 1 N–H and O–H groups in total. The fraction of sp³-hybridized carbons (Fsp3) is 0.478. The third-order valence-electron chi connectivity index (χ3n) is 5.84. The molecule has 4 rings (SSSR count). The molecule has 2 aliphatic rings. The zero-order valence-electron chi connectivity index (χ0n) is 16.5. The van der Waals surface area contributed by atoms with Crippen LogP contribution in [0.15, 0.2) is 41.3 Å². The van der Waals surface area contributed by atoms with Crippen LogP contribution in [0.2, 0.25) is 0 Å². The number of thioether (sulfide) groups is 1. The van der Waals surface area contributed by atoms with Crippen LogP contribution in [0.5, 0.6) is 5.75 Å². The average molecular weight is 383 g/mol. The van der Waals surface area contributed by atoms with E-state index in [0.29, 0.717) is 5.92 Å². The van der Waals surface area contributed by atoms with Crippen molar-refractivity contribution in [3.8, 4) is 5.75 Å². The Morgan fingerprint density at radius 1 is 1.26 bits per heavy atom. The molecule has 1 aliphatic heterocycles. The molecule has 1 heterocycles. The highest BCUT2D eigenvalue weighted by molar-refractivity contribution is 7.99. The molecular formula is C23H30N2OS. The van der Waals surface area contributed by atoms with Crippen LogP contribution < -0.4 is 10.1 Å². The molecule has 0 amide bonds. The second-order valence-corrected chi connectivity index (χ2v) is 8.87. The number of nitrogens with zero attached hydrogens (tertiary/aromatic N) is 1. The molecule has 0 radical (unpaired) electrons. The molecule has 144 valence electrons. The van der Waals surface area contributed by atoms with E-state index in [1.807, 2.05) is 11.8 Å². The maximum Gasteiger partial charge on any atom is 0.122 e. The van der Waals surface area contributed by atoms with Gasteiger partial charge in [0.25, 0.3) is 0 Å². The number of rotatable bonds is 6. The number of benzene rings is 2. The molecule has 3 nitrogen and oxygen atoms in total. The highest BCUT2D eigenvalue weighted by Gasteiger charge is 2.23. The Bertz CT molecular complexity index is 792. The lowest BCUT2D eigenvalue weighted by molar-refractivity contribution is 0.299. The van der Waals surface area contributed by atoms with Gasteiger partial charge in [-0.15, -0.1) is 11.8 Å². The smallest absolute Gasteiger partial charge is 0.122 e. The fourth-order valence-electron chi connectivity index (χ4n) is 4.42. The summed E-state index contributed by atoms with van der Waals surface area (Å²) < 4.78 is 5.60. The maximum atomic E-state index is 5.60. The molecule has 2 aromatic rings. The van der Waals surface area contributed by atoms with E-state index < -0.39 is 0 Å². The van der Waals surface area contributed by atoms with Crippen LogP contribution in [0.4, 0.5) is 5.69 Å². The first-order chi connectivity index (χ1) is 13.2. The summed E-state index contributed by atoms with van der Waals surface area (Å²) in [6, 6.07) is 13.5. The molecule has 1 aliphatic carbocycles. The van der Waals surface area contributed by atoms with Gasteiger partial charge in [-0.2, -0.15) is 0 Å². The van der Waals surface area contributed by atoms with E-state index in [9.17, 15) is 0 Å². The number of anilines is 1. The molecule has 1 atom stereocenters. The summed E-state index contributed by atoms with van der Waals surface area (Å²) in [4.78, 5) is 3.92. The van der Waals surface area contributed by atoms with E-state index in [-0.39, 0.29) is 0 Å². The maximum absolute atomic E-state index is 5.60. The lowest BCUT2D eigenvalue weighted by Crippen LogP contribution is -2.28. The Hall–Kier alpha value is -1.65. The largest absolute Gasteiger partial charge is 0.496 e. The number of hydrogen-bond acceptors (Lipinski definition) is 4. The van der Waals surface area contributed by atoms with Gasteiger partial charge in [-0.1, -0.05) is 18.2 Å². The van der Waals surface area contributed by atoms with Gasteiger partial charge in [0.05, 0.1) is 7.11 Å². The predicted octanol–water partition coefficient (Wildman–Crippen LogP) is 4.81. The second-order valence-electron chi connectivity index (χ2n) is 7.74. The second kappa shape index (κ2) is 8.57. The Morgan fingerprint density at radius 3 is 3.07 bits per heavy atom. The van der Waals surface area contributed by atoms with Crippen molar-refractivity contribution in [2.75, 3.05) is 44.9 Å². The minimum absolute atomic E-state index is 0.622. The summed E-state index contributed by atoms with van der Waals surface area (Å²) in [6.07, 6.45) is 4.81. The van der Waals surface area contributed by atoms with Gasteiger partial charge >= 0.3 is 0 Å². The van der Waals surface area contributed by atoms with Crippen LogP contribution >= 0.6 is 11.8 Å². The van der Waals surface area contributed by atoms with Crippen molar-refractivity contribution in [3.05, 3.63) is 53.1 Å². The van der Waals surface area contributed by atoms with Crippen molar-refractivity contribution in [3.63, 3.8) is 0 Å². The lowest BCUT2D eigenvalue weighted by Gasteiger charge is -2.30. The van der Waals surface area contributed by atoms with Crippen LogP contribution in [0, 0.1) is 0 Å². The summed E-state index contributed by atoms with van der Waals surface area (Å²) in [5, 5.41) is 3.49. The molecule has 0 bridgehead atoms. The average Bonchev–Trinajstić information content (AvgIpc) is 2.72. The first kappa shape index (κ1) is 18.7. The number of likely N-dealkylation sites (N-methyl/N-ethyl adjacent to an activating group) is 1. The summed E-state index contributed by atoms with van der Waals surface area (Å²) in [5.74, 6) is 2.86. The van der Waals surface area contributed by atoms with Crippen LogP contribution in [0.3, 0.4) is 0 Å². The molecule has 27 heavy (non-hydrogen) atoms. The van der Waals surface area contributed by atoms with E-state index in [1.165, 1.54) is 45.9 Å². The highest BCUT2D eigenvalue weighted by atomic mass is 32.2. The molecule has 2 aromatic carbocycles. The van der Waals surface area contributed by atoms with Gasteiger partial charge in [0, 0.05) is 36.0 Å². The van der Waals surface area contributed by atoms with Gasteiger partial charge < -0.3 is 15.0 Å². The molecule has 0 saturated heterocycles. The highest BCUT2D eigenvalue weighted by Crippen LogP contribution is 2.37. The summed E-state index contributed by atoms with van der Waals surface area (Å²) in [5.41, 5.74) is 5.69. The predicted molar refractivity (Wildman–Crippen MR) is 116 cm³/mol. The molecule has 4 heteroatoms. The van der Waals surface area contributed by atoms with Gasteiger partial charge in [-0.25, -0.2) is 0 Å². The zero-order valence-corrected chi connectivity index (χ0v) is 17.3. The van der Waals surface area contributed by atoms with E-state index in [0.717, 1.165) is 38.2 Å². The number of fused-ring (bicyclic) bond motifs is 2. The van der Waals surface area contributed by atoms with E-state index in [1.54, 1.807) is 7.11 Å². The molecule has 0 saturated carbocycles. The molecule has 1 unspecified atom stereocenters. The minimum atomic E-state index is 0.622. The summed E-state index contributed by atoms with van der Waals surface area (Å²) in [6.45, 7) is 3.31. The number of ether oxygens (including phenoxy) is 1. The van der Waals surface area contributed by atoms with Crippen molar-refractivity contribution < 1.29 is 4.74 Å². The topological polar surface area (TPSA) is 24.5 Å². The molecule has 0 aromatic heterocycles. The van der Waals surface area contributed by atoms with Gasteiger partial charge in [0.1, 0.15) is 5.75 Å². The number of methoxy groups -OCH3 is 1. The van der Waals surface area contributed by atoms with Crippen molar-refractivity contribution in [2.45, 2.75) is 36.5 Å². The van der Waals surface area contributed by atoms with Gasteiger partial charge in [-0.3, -0.25) is 0 Å². The van der Waals surface area contributed by atoms with Gasteiger partial charge in [0.2, 0.25) is 0 Å². The Morgan fingerprint density at radius 2 is 2.19 bits per heavy atom. The number of hydrogen-bond donors (Lipinski definition) is 1. The standard InChI is InChI=1S/C23H30N2OS/c1-25(13-11-17-9-10-21-23(15-17)27-14-12-24-21)16-18-5-3-7-20-19(18)6-4-8-22(20)26-2/h4,6,8-10,15,18,24H,3,5,7,11-14,16H2,1-2H3. The van der Waals surface area contributed by atoms with Crippen molar-refractivity contribution >= 4 is 17.4 Å². The van der Waals surface area contributed by atoms with E-state index in [2.05, 4.69) is 53.7 Å². The van der Waals surface area contributed by atoms with Crippen LogP contribution in [0.1, 0.15) is 35.4 Å². The van der Waals surface area contributed by atoms with Gasteiger partial charge in [-0.05, 0) is 73.5 Å². The Kier molecular flexibility index (Phi) is 5.94. The fourth-order valence-corrected chi connectivity index (χ4v) is 5.37. The lowest BCUT2D eigenvalue weighted by atomic mass is 9.82. The third-order valence-corrected chi connectivity index (χ3v) is 6.90. The Balaban J connectivity index is 1.37. The van der Waals surface area contributed by atoms with Gasteiger partial charge in [0.15, 0.2) is 0 Å². The first-order valence-electron chi connectivity index (χ1n) is 10.1. The zero-order chi connectivity index (χ0) is 18.6. The molecular weight excluding hydrogens is 352 g/mol. The normalized spacial score (nSPS) is 18.6. The molecule has 0 fully saturated rings. The van der Waals surface area contributed by atoms with Crippen LogP contribution in [0.25, 0.3) is 0 Å². The Labute approximate surface area is 167 Å². The van der Waals surface area contributed by atoms with E-state index in [4.69, 9.17) is 4.74 Å². The summed E-state index contributed by atoms with van der Waals surface area (Å²) >= 11 is 1.97. The molecule has 0 spiro atoms. The SMILES string of the molecule is COc1cccc2c1CCCC2CN(C)CCc1ccc2c(c1)SCCN2. The summed E-state index contributed by atoms with van der Waals surface area (Å²) in [7, 11) is 4.06. The van der Waals surface area contributed by atoms with Crippen molar-refractivity contribution in [1.82, 2.24) is 4.90 Å². The number of nitrogens with one attached hydrogen (secondary N) is 1. The van der Waals surface area contributed by atoms with Crippen molar-refractivity contribution in [2.24, 2.45) is 0 Å². The van der Waals surface area contributed by atoms with Crippen molar-refractivity contribution in [1.29, 1.82) is 0 Å². The first-order valence-corrected chi connectivity index (χ1v) is 11.1.